The van der Waals surface area contributed by atoms with Crippen LogP contribution in [0.4, 0.5) is 10.2 Å². The molecule has 3 nitrogen and oxygen atoms in total. The van der Waals surface area contributed by atoms with Gasteiger partial charge in [-0.3, -0.25) is 0 Å². The second kappa shape index (κ2) is 5.34. The number of nitrogens with one attached hydrogen (secondary N) is 1. The summed E-state index contributed by atoms with van der Waals surface area (Å²) in [5.41, 5.74) is 4.07. The summed E-state index contributed by atoms with van der Waals surface area (Å²) >= 11 is 0. The quantitative estimate of drug-likeness (QED) is 0.914. The Labute approximate surface area is 112 Å². The van der Waals surface area contributed by atoms with Crippen LogP contribution in [0, 0.1) is 26.6 Å². The van der Waals surface area contributed by atoms with Gasteiger partial charge >= 0.3 is 0 Å². The Hall–Kier alpha value is -1.97. The molecule has 0 fully saturated rings. The zero-order chi connectivity index (χ0) is 14.0. The second-order valence-corrected chi connectivity index (χ2v) is 4.64. The monoisotopic (exact) mass is 259 g/mol. The lowest BCUT2D eigenvalue weighted by atomic mass is 10.1. The van der Waals surface area contributed by atoms with E-state index >= 15 is 0 Å². The minimum atomic E-state index is -0.252. The number of benzene rings is 1. The standard InChI is InChI=1S/C15H18FN3/c1-5-17-15-14(18-10(3)11(4)19-15)12-6-9(2)7-13(16)8-12/h6-8H,5H2,1-4H3,(H,17,19). The topological polar surface area (TPSA) is 37.8 Å². The van der Waals surface area contributed by atoms with E-state index in [4.69, 9.17) is 0 Å². The molecular weight excluding hydrogens is 241 g/mol. The van der Waals surface area contributed by atoms with Crippen LogP contribution in [0.5, 0.6) is 0 Å². The maximum atomic E-state index is 13.5. The Morgan fingerprint density at radius 2 is 1.74 bits per heavy atom. The molecule has 0 aliphatic carbocycles. The van der Waals surface area contributed by atoms with Crippen molar-refractivity contribution in [3.05, 3.63) is 41.0 Å². The molecule has 0 radical (unpaired) electrons. The summed E-state index contributed by atoms with van der Waals surface area (Å²) in [6, 6.07) is 4.92. The van der Waals surface area contributed by atoms with Crippen LogP contribution in [0.15, 0.2) is 18.2 Å². The molecule has 0 aliphatic heterocycles. The summed E-state index contributed by atoms with van der Waals surface area (Å²) < 4.78 is 13.5. The molecule has 0 aliphatic rings. The summed E-state index contributed by atoms with van der Waals surface area (Å²) in [5.74, 6) is 0.452. The van der Waals surface area contributed by atoms with Crippen molar-refractivity contribution in [1.29, 1.82) is 0 Å². The molecule has 0 atom stereocenters. The molecule has 1 aromatic heterocycles. The van der Waals surface area contributed by atoms with E-state index in [9.17, 15) is 4.39 Å². The Kier molecular flexibility index (Phi) is 3.79. The van der Waals surface area contributed by atoms with Gasteiger partial charge < -0.3 is 5.32 Å². The first-order valence-corrected chi connectivity index (χ1v) is 6.38. The summed E-state index contributed by atoms with van der Waals surface area (Å²) in [7, 11) is 0. The molecule has 0 saturated carbocycles. The van der Waals surface area contributed by atoms with Crippen molar-refractivity contribution in [2.24, 2.45) is 0 Å². The maximum Gasteiger partial charge on any atom is 0.152 e. The summed E-state index contributed by atoms with van der Waals surface area (Å²) in [6.07, 6.45) is 0. The molecule has 0 amide bonds. The van der Waals surface area contributed by atoms with Crippen LogP contribution in [0.25, 0.3) is 11.3 Å². The molecule has 1 N–H and O–H groups in total. The van der Waals surface area contributed by atoms with Crippen LogP contribution >= 0.6 is 0 Å². The van der Waals surface area contributed by atoms with Gasteiger partial charge in [-0.2, -0.15) is 0 Å². The van der Waals surface area contributed by atoms with E-state index in [2.05, 4.69) is 15.3 Å². The summed E-state index contributed by atoms with van der Waals surface area (Å²) in [4.78, 5) is 9.05. The van der Waals surface area contributed by atoms with E-state index in [1.807, 2.05) is 33.8 Å². The predicted octanol–water partition coefficient (Wildman–Crippen LogP) is 3.64. The van der Waals surface area contributed by atoms with Crippen LogP contribution in [0.1, 0.15) is 23.9 Å². The average Bonchev–Trinajstić information content (AvgIpc) is 2.32. The normalized spacial score (nSPS) is 10.6. The number of hydrogen-bond acceptors (Lipinski definition) is 3. The fourth-order valence-corrected chi connectivity index (χ4v) is 1.97. The number of rotatable bonds is 3. The highest BCUT2D eigenvalue weighted by Crippen LogP contribution is 2.27. The number of nitrogens with zero attached hydrogens (tertiary/aromatic N) is 2. The fourth-order valence-electron chi connectivity index (χ4n) is 1.97. The Morgan fingerprint density at radius 3 is 2.37 bits per heavy atom. The number of anilines is 1. The van der Waals surface area contributed by atoms with Crippen molar-refractivity contribution in [1.82, 2.24) is 9.97 Å². The number of halogens is 1. The first-order chi connectivity index (χ1) is 9.01. The van der Waals surface area contributed by atoms with Crippen molar-refractivity contribution in [3.8, 4) is 11.3 Å². The van der Waals surface area contributed by atoms with E-state index in [1.165, 1.54) is 12.1 Å². The van der Waals surface area contributed by atoms with E-state index < -0.39 is 0 Å². The van der Waals surface area contributed by atoms with Crippen molar-refractivity contribution in [3.63, 3.8) is 0 Å². The predicted molar refractivity (Wildman–Crippen MR) is 75.8 cm³/mol. The minimum Gasteiger partial charge on any atom is -0.369 e. The molecule has 19 heavy (non-hydrogen) atoms. The SMILES string of the molecule is CCNc1nc(C)c(C)nc1-c1cc(C)cc(F)c1. The molecule has 0 saturated heterocycles. The van der Waals surface area contributed by atoms with E-state index in [0.29, 0.717) is 11.5 Å². The fraction of sp³-hybridized carbons (Fsp3) is 0.333. The maximum absolute atomic E-state index is 13.5. The summed E-state index contributed by atoms with van der Waals surface area (Å²) in [6.45, 7) is 8.45. The van der Waals surface area contributed by atoms with Gasteiger partial charge in [0.05, 0.1) is 11.4 Å². The van der Waals surface area contributed by atoms with Crippen molar-refractivity contribution in [2.45, 2.75) is 27.7 Å². The first kappa shape index (κ1) is 13.5. The van der Waals surface area contributed by atoms with Gasteiger partial charge in [0.2, 0.25) is 0 Å². The van der Waals surface area contributed by atoms with Crippen LogP contribution < -0.4 is 5.32 Å². The van der Waals surface area contributed by atoms with Gasteiger partial charge in [0.25, 0.3) is 0 Å². The first-order valence-electron chi connectivity index (χ1n) is 6.38. The van der Waals surface area contributed by atoms with Crippen LogP contribution in [0.2, 0.25) is 0 Å². The average molecular weight is 259 g/mol. The van der Waals surface area contributed by atoms with Gasteiger partial charge in [-0.1, -0.05) is 0 Å². The summed E-state index contributed by atoms with van der Waals surface area (Å²) in [5, 5.41) is 3.19. The Bertz CT molecular complexity index is 588. The molecule has 1 heterocycles. The van der Waals surface area contributed by atoms with Crippen LogP contribution in [0.3, 0.4) is 0 Å². The van der Waals surface area contributed by atoms with E-state index in [0.717, 1.165) is 29.1 Å². The lowest BCUT2D eigenvalue weighted by molar-refractivity contribution is 0.627. The number of aromatic nitrogens is 2. The van der Waals surface area contributed by atoms with Crippen molar-refractivity contribution >= 4 is 5.82 Å². The Balaban J connectivity index is 2.62. The van der Waals surface area contributed by atoms with Crippen molar-refractivity contribution in [2.75, 3.05) is 11.9 Å². The third-order valence-corrected chi connectivity index (χ3v) is 2.97. The lowest BCUT2D eigenvalue weighted by Gasteiger charge is -2.12. The smallest absolute Gasteiger partial charge is 0.152 e. The third kappa shape index (κ3) is 2.89. The molecule has 2 rings (SSSR count). The van der Waals surface area contributed by atoms with Gasteiger partial charge in [0.15, 0.2) is 5.82 Å². The number of hydrogen-bond donors (Lipinski definition) is 1. The van der Waals surface area contributed by atoms with E-state index in [-0.39, 0.29) is 5.82 Å². The van der Waals surface area contributed by atoms with Gasteiger partial charge in [-0.15, -0.1) is 0 Å². The Morgan fingerprint density at radius 1 is 1.05 bits per heavy atom. The van der Waals surface area contributed by atoms with E-state index in [1.54, 1.807) is 0 Å². The number of aryl methyl sites for hydroxylation is 3. The molecular formula is C15H18FN3. The molecule has 0 bridgehead atoms. The van der Waals surface area contributed by atoms with Gasteiger partial charge in [-0.05, 0) is 51.5 Å². The van der Waals surface area contributed by atoms with Crippen LogP contribution in [-0.2, 0) is 0 Å². The van der Waals surface area contributed by atoms with Gasteiger partial charge in [0, 0.05) is 12.1 Å². The molecule has 0 unspecified atom stereocenters. The second-order valence-electron chi connectivity index (χ2n) is 4.64. The zero-order valence-electron chi connectivity index (χ0n) is 11.7. The molecule has 100 valence electrons. The van der Waals surface area contributed by atoms with Gasteiger partial charge in [-0.25, -0.2) is 14.4 Å². The molecule has 0 spiro atoms. The van der Waals surface area contributed by atoms with Gasteiger partial charge in [0.1, 0.15) is 11.5 Å². The lowest BCUT2D eigenvalue weighted by Crippen LogP contribution is -2.06. The van der Waals surface area contributed by atoms with Crippen molar-refractivity contribution < 1.29 is 4.39 Å². The molecule has 2 aromatic rings. The highest BCUT2D eigenvalue weighted by molar-refractivity contribution is 5.72. The molecule has 1 aromatic carbocycles. The van der Waals surface area contributed by atoms with Crippen LogP contribution in [-0.4, -0.2) is 16.5 Å². The highest BCUT2D eigenvalue weighted by Gasteiger charge is 2.12. The highest BCUT2D eigenvalue weighted by atomic mass is 19.1. The zero-order valence-corrected chi connectivity index (χ0v) is 11.7. The largest absolute Gasteiger partial charge is 0.369 e. The minimum absolute atomic E-state index is 0.252. The molecule has 4 heteroatoms. The third-order valence-electron chi connectivity index (χ3n) is 2.97.